The number of carbonyl (C=O) groups is 2. The van der Waals surface area contributed by atoms with Crippen LogP contribution in [0.4, 0.5) is 0 Å². The Morgan fingerprint density at radius 1 is 0.567 bits per heavy atom. The summed E-state index contributed by atoms with van der Waals surface area (Å²) in [6.07, 6.45) is 48.3. The smallest absolute Gasteiger partial charge is 0.462 e. The minimum atomic E-state index is -4.67. The number of carbonyl (C=O) groups excluding carboxylic acids is 2. The second kappa shape index (κ2) is 42.5. The zero-order chi connectivity index (χ0) is 44.2. The van der Waals surface area contributed by atoms with Gasteiger partial charge in [0, 0.05) is 12.8 Å². The zero-order valence-corrected chi connectivity index (χ0v) is 37.6. The molecular formula is C48H79O11P. The first kappa shape index (κ1) is 56.9. The molecule has 0 aliphatic rings. The van der Waals surface area contributed by atoms with Gasteiger partial charge in [-0.1, -0.05) is 143 Å². The maximum Gasteiger partial charge on any atom is 0.472 e. The molecule has 0 spiro atoms. The van der Waals surface area contributed by atoms with Gasteiger partial charge in [0.15, 0.2) is 6.10 Å². The molecule has 4 N–H and O–H groups in total. The molecule has 4 atom stereocenters. The molecule has 0 fully saturated rings. The molecule has 2 unspecified atom stereocenters. The number of aliphatic hydroxyl groups is 3. The van der Waals surface area contributed by atoms with E-state index in [2.05, 4.69) is 79.1 Å². The quantitative estimate of drug-likeness (QED) is 0.0152. The molecule has 0 radical (unpaired) electrons. The molecule has 0 aromatic rings. The lowest BCUT2D eigenvalue weighted by molar-refractivity contribution is -0.161. The van der Waals surface area contributed by atoms with E-state index in [0.29, 0.717) is 25.7 Å². The lowest BCUT2D eigenvalue weighted by Gasteiger charge is -2.20. The number of rotatable bonds is 40. The molecule has 0 aromatic heterocycles. The van der Waals surface area contributed by atoms with E-state index >= 15 is 0 Å². The molecule has 0 aliphatic carbocycles. The van der Waals surface area contributed by atoms with Gasteiger partial charge in [0.05, 0.1) is 25.9 Å². The van der Waals surface area contributed by atoms with Gasteiger partial charge < -0.3 is 29.7 Å². The Kier molecular flexibility index (Phi) is 40.3. The van der Waals surface area contributed by atoms with Crippen LogP contribution in [0.2, 0.25) is 0 Å². The van der Waals surface area contributed by atoms with Crippen molar-refractivity contribution in [2.45, 2.75) is 167 Å². The van der Waals surface area contributed by atoms with Crippen molar-refractivity contribution < 1.29 is 52.9 Å². The third-order valence-corrected chi connectivity index (χ3v) is 9.74. The normalized spacial score (nSPS) is 15.2. The Morgan fingerprint density at radius 2 is 1.07 bits per heavy atom. The molecule has 11 nitrogen and oxygen atoms in total. The van der Waals surface area contributed by atoms with Crippen molar-refractivity contribution in [1.82, 2.24) is 0 Å². The van der Waals surface area contributed by atoms with Crippen LogP contribution < -0.4 is 0 Å². The van der Waals surface area contributed by atoms with Crippen LogP contribution in [0.15, 0.2) is 97.2 Å². The predicted molar refractivity (Wildman–Crippen MR) is 243 cm³/mol. The first-order chi connectivity index (χ1) is 29.1. The maximum atomic E-state index is 12.6. The van der Waals surface area contributed by atoms with Crippen molar-refractivity contribution in [1.29, 1.82) is 0 Å². The van der Waals surface area contributed by atoms with E-state index in [1.807, 2.05) is 24.3 Å². The number of allylic oxidation sites excluding steroid dienone is 14. The molecule has 0 rings (SSSR count). The number of hydrogen-bond donors (Lipinski definition) is 4. The van der Waals surface area contributed by atoms with E-state index in [-0.39, 0.29) is 12.8 Å². The Labute approximate surface area is 362 Å². The predicted octanol–water partition coefficient (Wildman–Crippen LogP) is 11.0. The number of ether oxygens (including phenoxy) is 2. The molecule has 0 bridgehead atoms. The minimum absolute atomic E-state index is 0.0934. The molecule has 12 heteroatoms. The van der Waals surface area contributed by atoms with Crippen LogP contribution in [-0.2, 0) is 32.7 Å². The lowest BCUT2D eigenvalue weighted by atomic mass is 10.1. The van der Waals surface area contributed by atoms with Crippen LogP contribution in [-0.4, -0.2) is 76.9 Å². The highest BCUT2D eigenvalue weighted by Crippen LogP contribution is 2.43. The molecule has 0 saturated carbocycles. The summed E-state index contributed by atoms with van der Waals surface area (Å²) < 4.78 is 32.6. The highest BCUT2D eigenvalue weighted by Gasteiger charge is 2.27. The van der Waals surface area contributed by atoms with E-state index in [0.717, 1.165) is 51.4 Å². The summed E-state index contributed by atoms with van der Waals surface area (Å²) in [5.74, 6) is -1.10. The summed E-state index contributed by atoms with van der Waals surface area (Å²) in [6, 6.07) is 0. The van der Waals surface area contributed by atoms with Crippen molar-refractivity contribution in [2.75, 3.05) is 26.4 Å². The summed E-state index contributed by atoms with van der Waals surface area (Å²) >= 11 is 0. The molecule has 0 aromatic carbocycles. The van der Waals surface area contributed by atoms with E-state index in [1.165, 1.54) is 44.9 Å². The molecule has 0 aliphatic heterocycles. The molecule has 0 heterocycles. The average molecular weight is 863 g/mol. The topological polar surface area (TPSA) is 169 Å². The summed E-state index contributed by atoms with van der Waals surface area (Å²) in [4.78, 5) is 35.0. The van der Waals surface area contributed by atoms with Crippen molar-refractivity contribution in [3.8, 4) is 0 Å². The van der Waals surface area contributed by atoms with Gasteiger partial charge in [-0.05, 0) is 89.9 Å². The number of hydrogen-bond acceptors (Lipinski definition) is 10. The van der Waals surface area contributed by atoms with Crippen molar-refractivity contribution in [2.24, 2.45) is 0 Å². The Hall–Kier alpha value is -3.15. The van der Waals surface area contributed by atoms with Gasteiger partial charge in [-0.15, -0.1) is 0 Å². The molecule has 0 saturated heterocycles. The van der Waals surface area contributed by atoms with Gasteiger partial charge in [0.25, 0.3) is 0 Å². The van der Waals surface area contributed by atoms with Crippen LogP contribution in [0.1, 0.15) is 149 Å². The molecule has 0 amide bonds. The van der Waals surface area contributed by atoms with Crippen LogP contribution in [0.25, 0.3) is 0 Å². The fourth-order valence-corrected chi connectivity index (χ4v) is 6.07. The van der Waals surface area contributed by atoms with Crippen molar-refractivity contribution in [3.05, 3.63) is 97.2 Å². The lowest BCUT2D eigenvalue weighted by Crippen LogP contribution is -2.29. The summed E-state index contributed by atoms with van der Waals surface area (Å²) in [5, 5.41) is 28.5. The number of aliphatic hydroxyl groups excluding tert-OH is 3. The van der Waals surface area contributed by atoms with Crippen LogP contribution in [0.3, 0.4) is 0 Å². The number of esters is 2. The summed E-state index contributed by atoms with van der Waals surface area (Å²) in [7, 11) is -4.67. The maximum absolute atomic E-state index is 12.6. The largest absolute Gasteiger partial charge is 0.472 e. The van der Waals surface area contributed by atoms with Gasteiger partial charge in [-0.25, -0.2) is 4.57 Å². The van der Waals surface area contributed by atoms with Gasteiger partial charge in [-0.3, -0.25) is 18.6 Å². The fraction of sp³-hybridized carbons (Fsp3) is 0.625. The number of phosphoric acid groups is 1. The van der Waals surface area contributed by atoms with E-state index in [9.17, 15) is 29.3 Å². The molecule has 60 heavy (non-hydrogen) atoms. The highest BCUT2D eigenvalue weighted by atomic mass is 31.2. The van der Waals surface area contributed by atoms with Gasteiger partial charge in [0.1, 0.15) is 12.7 Å². The highest BCUT2D eigenvalue weighted by molar-refractivity contribution is 7.47. The SMILES string of the molecule is CCCCC/C=C\C/C=C\C/C=C\C/C=C\CCCCCC(=O)O[C@H](COC(=O)CCC/C=C/C=C\C(O)C/C=C\C/C=C\CCCCC)COP(=O)(O)OC[C@@H](O)CO. The molecular weight excluding hydrogens is 783 g/mol. The number of phosphoric ester groups is 1. The van der Waals surface area contributed by atoms with Gasteiger partial charge in [0.2, 0.25) is 0 Å². The van der Waals surface area contributed by atoms with E-state index in [4.69, 9.17) is 19.1 Å². The van der Waals surface area contributed by atoms with E-state index < -0.39 is 64.5 Å². The van der Waals surface area contributed by atoms with Gasteiger partial charge in [-0.2, -0.15) is 0 Å². The zero-order valence-electron chi connectivity index (χ0n) is 36.7. The summed E-state index contributed by atoms with van der Waals surface area (Å²) in [6.45, 7) is 2.10. The third-order valence-electron chi connectivity index (χ3n) is 8.79. The second-order valence-corrected chi connectivity index (χ2v) is 16.0. The first-order valence-electron chi connectivity index (χ1n) is 22.3. The molecule has 342 valence electrons. The fourth-order valence-electron chi connectivity index (χ4n) is 5.28. The Balaban J connectivity index is 4.54. The standard InChI is InChI=1S/C48H79O11P/c1-3-5-7-9-11-13-14-15-16-17-18-19-20-21-22-24-26-30-35-39-48(53)59-46(43-58-60(54,55)57-41-45(51)40-49)42-56-47(52)38-34-31-27-29-33-37-44(50)36-32-28-25-23-12-10-8-6-4-2/h11-13,15-16,18-19,21-23,27-29,32-33,37,44-46,49-51H,3-10,14,17,20,24-26,30-31,34-36,38-43H2,1-2H3,(H,54,55)/b13-11-,16-15-,19-18-,22-21-,23-12-,29-27+,32-28-,37-33-/t44?,45-,46+/m0/s1. The number of unbranched alkanes of at least 4 members (excludes halogenated alkanes) is 10. The minimum Gasteiger partial charge on any atom is -0.462 e. The Bertz CT molecular complexity index is 1330. The first-order valence-corrected chi connectivity index (χ1v) is 23.8. The van der Waals surface area contributed by atoms with Crippen molar-refractivity contribution >= 4 is 19.8 Å². The Morgan fingerprint density at radius 3 is 1.63 bits per heavy atom. The van der Waals surface area contributed by atoms with Crippen LogP contribution in [0.5, 0.6) is 0 Å². The van der Waals surface area contributed by atoms with Crippen LogP contribution in [0, 0.1) is 0 Å². The van der Waals surface area contributed by atoms with E-state index in [1.54, 1.807) is 12.2 Å². The van der Waals surface area contributed by atoms with Crippen molar-refractivity contribution in [3.63, 3.8) is 0 Å². The average Bonchev–Trinajstić information content (AvgIpc) is 3.23. The van der Waals surface area contributed by atoms with Crippen LogP contribution >= 0.6 is 7.82 Å². The summed E-state index contributed by atoms with van der Waals surface area (Å²) in [5.41, 5.74) is 0. The third kappa shape index (κ3) is 41.6. The van der Waals surface area contributed by atoms with Gasteiger partial charge >= 0.3 is 19.8 Å². The second-order valence-electron chi connectivity index (χ2n) is 14.6. The monoisotopic (exact) mass is 863 g/mol.